The second-order valence-corrected chi connectivity index (χ2v) is 2.82. The highest BCUT2D eigenvalue weighted by Gasteiger charge is 2.02. The first kappa shape index (κ1) is 8.45. The van der Waals surface area contributed by atoms with E-state index in [1.54, 1.807) is 6.20 Å². The van der Waals surface area contributed by atoms with Crippen molar-refractivity contribution < 1.29 is 5.11 Å². The van der Waals surface area contributed by atoms with Gasteiger partial charge in [-0.15, -0.1) is 0 Å². The highest BCUT2D eigenvalue weighted by molar-refractivity contribution is 7.71. The monoisotopic (exact) mass is 173 g/mol. The normalized spacial score (nSPS) is 13.3. The highest BCUT2D eigenvalue weighted by atomic mass is 32.1. The summed E-state index contributed by atoms with van der Waals surface area (Å²) in [4.78, 5) is 5.73. The van der Waals surface area contributed by atoms with Crippen LogP contribution in [0.25, 0.3) is 0 Å². The molecule has 0 bridgehead atoms. The molecule has 0 saturated carbocycles. The molecular formula is C6H11N3OS. The first-order valence-corrected chi connectivity index (χ1v) is 3.76. The number of imidazole rings is 1. The summed E-state index contributed by atoms with van der Waals surface area (Å²) in [6.07, 6.45) is 2.38. The second kappa shape index (κ2) is 3.66. The van der Waals surface area contributed by atoms with E-state index in [0.717, 1.165) is 5.69 Å². The summed E-state index contributed by atoms with van der Waals surface area (Å²) in [5.41, 5.74) is 6.42. The average molecular weight is 173 g/mol. The van der Waals surface area contributed by atoms with Crippen molar-refractivity contribution in [1.82, 2.24) is 9.97 Å². The van der Waals surface area contributed by atoms with Crippen LogP contribution in [-0.4, -0.2) is 27.7 Å². The van der Waals surface area contributed by atoms with Crippen molar-refractivity contribution >= 4 is 12.2 Å². The molecule has 0 radical (unpaired) electrons. The maximum absolute atomic E-state index is 8.63. The first-order valence-electron chi connectivity index (χ1n) is 3.35. The predicted molar refractivity (Wildman–Crippen MR) is 44.7 cm³/mol. The number of nitrogens with two attached hydrogens (primary N) is 1. The lowest BCUT2D eigenvalue weighted by Crippen LogP contribution is -2.26. The summed E-state index contributed by atoms with van der Waals surface area (Å²) in [5, 5.41) is 8.63. The molecule has 0 aliphatic carbocycles. The van der Waals surface area contributed by atoms with Crippen LogP contribution in [-0.2, 0) is 6.42 Å². The molecule has 0 fully saturated rings. The maximum Gasteiger partial charge on any atom is 0.174 e. The number of aliphatic hydroxyl groups excluding tert-OH is 1. The molecule has 1 heterocycles. The fourth-order valence-electron chi connectivity index (χ4n) is 0.828. The number of aromatic amines is 2. The molecule has 5 N–H and O–H groups in total. The summed E-state index contributed by atoms with van der Waals surface area (Å²) in [6, 6.07) is -0.212. The van der Waals surface area contributed by atoms with Crippen molar-refractivity contribution in [3.05, 3.63) is 16.7 Å². The van der Waals surface area contributed by atoms with Crippen LogP contribution in [0.3, 0.4) is 0 Å². The van der Waals surface area contributed by atoms with Crippen LogP contribution >= 0.6 is 12.2 Å². The van der Waals surface area contributed by atoms with Gasteiger partial charge in [0.15, 0.2) is 4.77 Å². The van der Waals surface area contributed by atoms with E-state index in [4.69, 9.17) is 23.1 Å². The third kappa shape index (κ3) is 2.45. The third-order valence-electron chi connectivity index (χ3n) is 1.37. The molecule has 0 saturated heterocycles. The van der Waals surface area contributed by atoms with E-state index in [-0.39, 0.29) is 12.6 Å². The van der Waals surface area contributed by atoms with Gasteiger partial charge in [-0.1, -0.05) is 0 Å². The van der Waals surface area contributed by atoms with Gasteiger partial charge in [0.1, 0.15) is 0 Å². The standard InChI is InChI=1S/C6H11N3OS/c7-4(3-10)1-5-2-8-6(11)9-5/h2,4,10H,1,3,7H2,(H2,8,9,11)/t4-/m1/s1. The molecule has 1 rings (SSSR count). The molecule has 1 aromatic rings. The first-order chi connectivity index (χ1) is 5.22. The molecule has 1 atom stereocenters. The lowest BCUT2D eigenvalue weighted by molar-refractivity contribution is 0.264. The minimum Gasteiger partial charge on any atom is -0.395 e. The highest BCUT2D eigenvalue weighted by Crippen LogP contribution is 1.96. The number of hydrogen-bond donors (Lipinski definition) is 4. The minimum atomic E-state index is -0.212. The number of aliphatic hydroxyl groups is 1. The molecule has 4 nitrogen and oxygen atoms in total. The van der Waals surface area contributed by atoms with Crippen molar-refractivity contribution in [3.63, 3.8) is 0 Å². The van der Waals surface area contributed by atoms with Crippen LogP contribution in [0.2, 0.25) is 0 Å². The van der Waals surface area contributed by atoms with E-state index < -0.39 is 0 Å². The van der Waals surface area contributed by atoms with Crippen LogP contribution in [0, 0.1) is 4.77 Å². The average Bonchev–Trinajstić information content (AvgIpc) is 2.35. The molecule has 0 spiro atoms. The Morgan fingerprint density at radius 1 is 1.73 bits per heavy atom. The fourth-order valence-corrected chi connectivity index (χ4v) is 1.02. The number of H-pyrrole nitrogens is 2. The van der Waals surface area contributed by atoms with Crippen molar-refractivity contribution in [3.8, 4) is 0 Å². The van der Waals surface area contributed by atoms with Crippen LogP contribution in [0.4, 0.5) is 0 Å². The van der Waals surface area contributed by atoms with Gasteiger partial charge in [0.05, 0.1) is 6.61 Å². The minimum absolute atomic E-state index is 0.00815. The van der Waals surface area contributed by atoms with E-state index in [1.807, 2.05) is 0 Å². The Morgan fingerprint density at radius 2 is 2.45 bits per heavy atom. The molecule has 62 valence electrons. The summed E-state index contributed by atoms with van der Waals surface area (Å²) in [6.45, 7) is -0.00815. The SMILES string of the molecule is N[C@@H](CO)Cc1c[nH]c(=S)[nH]1. The van der Waals surface area contributed by atoms with Crippen molar-refractivity contribution in [1.29, 1.82) is 0 Å². The Bertz CT molecular complexity index is 267. The van der Waals surface area contributed by atoms with Gasteiger partial charge in [0.2, 0.25) is 0 Å². The van der Waals surface area contributed by atoms with Gasteiger partial charge in [-0.05, 0) is 12.2 Å². The second-order valence-electron chi connectivity index (χ2n) is 2.41. The number of aromatic nitrogens is 2. The Kier molecular flexibility index (Phi) is 2.81. The zero-order valence-electron chi connectivity index (χ0n) is 6.00. The topological polar surface area (TPSA) is 77.8 Å². The van der Waals surface area contributed by atoms with Gasteiger partial charge in [0, 0.05) is 24.4 Å². The van der Waals surface area contributed by atoms with E-state index in [9.17, 15) is 0 Å². The van der Waals surface area contributed by atoms with Gasteiger partial charge >= 0.3 is 0 Å². The number of rotatable bonds is 3. The van der Waals surface area contributed by atoms with Crippen molar-refractivity contribution in [2.75, 3.05) is 6.61 Å². The predicted octanol–water partition coefficient (Wildman–Crippen LogP) is -0.0656. The van der Waals surface area contributed by atoms with Gasteiger partial charge in [0.25, 0.3) is 0 Å². The maximum atomic E-state index is 8.63. The Hall–Kier alpha value is -0.650. The number of hydrogen-bond acceptors (Lipinski definition) is 3. The molecular weight excluding hydrogens is 162 g/mol. The van der Waals surface area contributed by atoms with Crippen molar-refractivity contribution in [2.45, 2.75) is 12.5 Å². The Labute approximate surface area is 69.4 Å². The van der Waals surface area contributed by atoms with Gasteiger partial charge in [-0.2, -0.15) is 0 Å². The molecule has 11 heavy (non-hydrogen) atoms. The van der Waals surface area contributed by atoms with E-state index in [0.29, 0.717) is 11.2 Å². The summed E-state index contributed by atoms with van der Waals surface area (Å²) in [7, 11) is 0. The number of nitrogens with one attached hydrogen (secondary N) is 2. The molecule has 0 unspecified atom stereocenters. The lowest BCUT2D eigenvalue weighted by atomic mass is 10.2. The summed E-state index contributed by atoms with van der Waals surface area (Å²) in [5.74, 6) is 0. The molecule has 0 amide bonds. The zero-order chi connectivity index (χ0) is 8.27. The lowest BCUT2D eigenvalue weighted by Gasteiger charge is -2.03. The largest absolute Gasteiger partial charge is 0.395 e. The summed E-state index contributed by atoms with van der Waals surface area (Å²) >= 11 is 4.81. The quantitative estimate of drug-likeness (QED) is 0.483. The molecule has 0 aliphatic heterocycles. The molecule has 0 aromatic carbocycles. The van der Waals surface area contributed by atoms with Crippen LogP contribution < -0.4 is 5.73 Å². The van der Waals surface area contributed by atoms with E-state index in [1.165, 1.54) is 0 Å². The Balaban J connectivity index is 2.57. The van der Waals surface area contributed by atoms with Crippen LogP contribution in [0.1, 0.15) is 5.69 Å². The third-order valence-corrected chi connectivity index (χ3v) is 1.59. The fraction of sp³-hybridized carbons (Fsp3) is 0.500. The van der Waals surface area contributed by atoms with Gasteiger partial charge in [-0.25, -0.2) is 0 Å². The molecule has 1 aromatic heterocycles. The van der Waals surface area contributed by atoms with E-state index in [2.05, 4.69) is 9.97 Å². The van der Waals surface area contributed by atoms with Gasteiger partial charge in [-0.3, -0.25) is 0 Å². The molecule has 0 aliphatic rings. The van der Waals surface area contributed by atoms with E-state index >= 15 is 0 Å². The van der Waals surface area contributed by atoms with Gasteiger partial charge < -0.3 is 20.8 Å². The van der Waals surface area contributed by atoms with Crippen molar-refractivity contribution in [2.24, 2.45) is 5.73 Å². The summed E-state index contributed by atoms with van der Waals surface area (Å²) < 4.78 is 0.588. The Morgan fingerprint density at radius 3 is 2.91 bits per heavy atom. The van der Waals surface area contributed by atoms with Crippen LogP contribution in [0.15, 0.2) is 6.20 Å². The smallest absolute Gasteiger partial charge is 0.174 e. The zero-order valence-corrected chi connectivity index (χ0v) is 6.82. The van der Waals surface area contributed by atoms with Crippen LogP contribution in [0.5, 0.6) is 0 Å². The molecule has 5 heteroatoms.